The number of hydrogen-bond donors (Lipinski definition) is 0. The highest BCUT2D eigenvalue weighted by Crippen LogP contribution is 2.33. The van der Waals surface area contributed by atoms with Gasteiger partial charge in [-0.15, -0.1) is 0 Å². The van der Waals surface area contributed by atoms with Gasteiger partial charge in [-0.2, -0.15) is 0 Å². The number of carbonyl (C=O) groups excluding carboxylic acids is 1. The molecule has 0 spiro atoms. The number of hydrogen-bond acceptors (Lipinski definition) is 3. The topological polar surface area (TPSA) is 42.4 Å². The number of benzene rings is 2. The Kier molecular flexibility index (Phi) is 3.65. The van der Waals surface area contributed by atoms with Gasteiger partial charge in [-0.1, -0.05) is 6.07 Å². The Balaban J connectivity index is 1.68. The third-order valence-electron chi connectivity index (χ3n) is 3.95. The van der Waals surface area contributed by atoms with Gasteiger partial charge in [0.25, 0.3) is 5.91 Å². The van der Waals surface area contributed by atoms with Crippen molar-refractivity contribution in [1.29, 1.82) is 0 Å². The number of halogens is 2. The monoisotopic (exact) mass is 338 g/mol. The van der Waals surface area contributed by atoms with Gasteiger partial charge in [0.05, 0.1) is 18.4 Å². The first-order valence-corrected chi connectivity index (χ1v) is 7.59. The molecule has 1 aromatic heterocycles. The van der Waals surface area contributed by atoms with Crippen LogP contribution in [0.1, 0.15) is 15.9 Å². The first-order chi connectivity index (χ1) is 12.1. The van der Waals surface area contributed by atoms with Crippen molar-refractivity contribution < 1.29 is 18.3 Å². The zero-order chi connectivity index (χ0) is 17.4. The molecule has 0 N–H and O–H groups in total. The Bertz CT molecular complexity index is 961. The fourth-order valence-electron chi connectivity index (χ4n) is 2.81. The van der Waals surface area contributed by atoms with Gasteiger partial charge in [0, 0.05) is 29.5 Å². The highest BCUT2D eigenvalue weighted by atomic mass is 19.1. The van der Waals surface area contributed by atoms with Crippen LogP contribution in [0.25, 0.3) is 0 Å². The van der Waals surface area contributed by atoms with Crippen molar-refractivity contribution in [2.24, 2.45) is 0 Å². The molecule has 0 fully saturated rings. The molecule has 1 aliphatic heterocycles. The summed E-state index contributed by atoms with van der Waals surface area (Å²) in [6, 6.07) is 11.7. The Hall–Kier alpha value is -3.28. The van der Waals surface area contributed by atoms with Crippen LogP contribution in [0.4, 0.5) is 14.5 Å². The number of aromatic nitrogens is 1. The van der Waals surface area contributed by atoms with E-state index in [0.717, 1.165) is 0 Å². The second-order valence-electron chi connectivity index (χ2n) is 5.59. The molecule has 124 valence electrons. The van der Waals surface area contributed by atoms with Crippen LogP contribution in [0.5, 0.6) is 11.5 Å². The van der Waals surface area contributed by atoms with Crippen LogP contribution in [-0.4, -0.2) is 10.9 Å². The van der Waals surface area contributed by atoms with Crippen LogP contribution in [0.2, 0.25) is 0 Å². The van der Waals surface area contributed by atoms with E-state index in [1.807, 2.05) is 0 Å². The van der Waals surface area contributed by atoms with Crippen LogP contribution >= 0.6 is 0 Å². The van der Waals surface area contributed by atoms with Gasteiger partial charge in [-0.05, 0) is 30.3 Å². The van der Waals surface area contributed by atoms with E-state index >= 15 is 0 Å². The maximum atomic E-state index is 14.0. The van der Waals surface area contributed by atoms with E-state index in [4.69, 9.17) is 4.74 Å². The number of carbonyl (C=O) groups is 1. The van der Waals surface area contributed by atoms with Gasteiger partial charge < -0.3 is 9.64 Å². The molecule has 0 saturated carbocycles. The molecule has 3 aromatic rings. The van der Waals surface area contributed by atoms with E-state index in [0.29, 0.717) is 22.6 Å². The van der Waals surface area contributed by atoms with Crippen LogP contribution < -0.4 is 9.64 Å². The molecule has 1 amide bonds. The summed E-state index contributed by atoms with van der Waals surface area (Å²) in [5.74, 6) is -0.696. The molecule has 0 radical (unpaired) electrons. The van der Waals surface area contributed by atoms with Gasteiger partial charge in [0.1, 0.15) is 23.1 Å². The summed E-state index contributed by atoms with van der Waals surface area (Å²) in [6.45, 7) is 0.0522. The van der Waals surface area contributed by atoms with Crippen LogP contribution in [-0.2, 0) is 6.54 Å². The lowest BCUT2D eigenvalue weighted by atomic mass is 10.1. The minimum absolute atomic E-state index is 0.0522. The molecule has 0 unspecified atom stereocenters. The summed E-state index contributed by atoms with van der Waals surface area (Å²) in [6.07, 6.45) is 3.09. The fraction of sp³-hybridized carbons (Fsp3) is 0.0526. The number of anilines is 1. The molecule has 2 aromatic carbocycles. The summed E-state index contributed by atoms with van der Waals surface area (Å²) in [5.41, 5.74) is 0.907. The molecule has 1 aliphatic rings. The lowest BCUT2D eigenvalue weighted by Gasteiger charge is -2.17. The van der Waals surface area contributed by atoms with E-state index < -0.39 is 11.6 Å². The number of nitrogens with zero attached hydrogens (tertiary/aromatic N) is 2. The number of amides is 1. The third kappa shape index (κ3) is 2.82. The predicted octanol–water partition coefficient (Wildman–Crippen LogP) is 4.31. The van der Waals surface area contributed by atoms with Gasteiger partial charge in [0.2, 0.25) is 0 Å². The van der Waals surface area contributed by atoms with Gasteiger partial charge in [-0.3, -0.25) is 9.78 Å². The highest BCUT2D eigenvalue weighted by Gasteiger charge is 2.31. The van der Waals surface area contributed by atoms with Crippen molar-refractivity contribution in [1.82, 2.24) is 4.98 Å². The van der Waals surface area contributed by atoms with Crippen LogP contribution in [0.15, 0.2) is 60.9 Å². The molecule has 25 heavy (non-hydrogen) atoms. The predicted molar refractivity (Wildman–Crippen MR) is 87.6 cm³/mol. The van der Waals surface area contributed by atoms with E-state index in [2.05, 4.69) is 4.98 Å². The number of rotatable bonds is 3. The zero-order valence-corrected chi connectivity index (χ0v) is 12.9. The standard InChI is InChI=1S/C19H12F2N2O2/c20-12-7-13(9-15(8-12)25-14-3-2-6-22-10-14)23-11-17-16(19(23)24)4-1-5-18(17)21/h1-10H,11H2. The second-order valence-corrected chi connectivity index (χ2v) is 5.59. The maximum Gasteiger partial charge on any atom is 0.259 e. The first-order valence-electron chi connectivity index (χ1n) is 7.59. The molecule has 4 nitrogen and oxygen atoms in total. The normalized spacial score (nSPS) is 13.0. The number of pyridine rings is 1. The fourth-order valence-corrected chi connectivity index (χ4v) is 2.81. The van der Waals surface area contributed by atoms with E-state index in [1.54, 1.807) is 24.4 Å². The van der Waals surface area contributed by atoms with Gasteiger partial charge in [0.15, 0.2) is 0 Å². The Morgan fingerprint density at radius 2 is 1.92 bits per heavy atom. The molecule has 0 bridgehead atoms. The van der Waals surface area contributed by atoms with E-state index in [1.165, 1.54) is 41.4 Å². The molecule has 4 rings (SSSR count). The lowest BCUT2D eigenvalue weighted by molar-refractivity contribution is 0.0996. The highest BCUT2D eigenvalue weighted by molar-refractivity contribution is 6.10. The second kappa shape index (κ2) is 5.98. The van der Waals surface area contributed by atoms with Crippen molar-refractivity contribution in [2.75, 3.05) is 4.90 Å². The Morgan fingerprint density at radius 1 is 1.04 bits per heavy atom. The zero-order valence-electron chi connectivity index (χ0n) is 12.9. The van der Waals surface area contributed by atoms with Crippen molar-refractivity contribution >= 4 is 11.6 Å². The SMILES string of the molecule is O=C1c2cccc(F)c2CN1c1cc(F)cc(Oc2cccnc2)c1. The van der Waals surface area contributed by atoms with Gasteiger partial charge >= 0.3 is 0 Å². The number of ether oxygens (including phenoxy) is 1. The Morgan fingerprint density at radius 3 is 2.68 bits per heavy atom. The van der Waals surface area contributed by atoms with Crippen molar-refractivity contribution in [3.63, 3.8) is 0 Å². The first kappa shape index (κ1) is 15.3. The average Bonchev–Trinajstić information content (AvgIpc) is 2.94. The number of fused-ring (bicyclic) bond motifs is 1. The third-order valence-corrected chi connectivity index (χ3v) is 3.95. The summed E-state index contributed by atoms with van der Waals surface area (Å²) < 4.78 is 33.5. The van der Waals surface area contributed by atoms with Crippen LogP contribution in [0.3, 0.4) is 0 Å². The average molecular weight is 338 g/mol. The van der Waals surface area contributed by atoms with E-state index in [-0.39, 0.29) is 18.2 Å². The van der Waals surface area contributed by atoms with Crippen molar-refractivity contribution in [2.45, 2.75) is 6.54 Å². The summed E-state index contributed by atoms with van der Waals surface area (Å²) in [5, 5.41) is 0. The summed E-state index contributed by atoms with van der Waals surface area (Å²) in [7, 11) is 0. The molecule has 2 heterocycles. The minimum atomic E-state index is -0.555. The van der Waals surface area contributed by atoms with Crippen molar-refractivity contribution in [3.8, 4) is 11.5 Å². The van der Waals surface area contributed by atoms with Crippen molar-refractivity contribution in [3.05, 3.63) is 83.7 Å². The molecular weight excluding hydrogens is 326 g/mol. The Labute approximate surface area is 142 Å². The van der Waals surface area contributed by atoms with E-state index in [9.17, 15) is 13.6 Å². The minimum Gasteiger partial charge on any atom is -0.456 e. The van der Waals surface area contributed by atoms with Crippen LogP contribution in [0, 0.1) is 11.6 Å². The lowest BCUT2D eigenvalue weighted by Crippen LogP contribution is -2.23. The molecule has 6 heteroatoms. The molecular formula is C19H12F2N2O2. The smallest absolute Gasteiger partial charge is 0.259 e. The maximum absolute atomic E-state index is 14.0. The van der Waals surface area contributed by atoms with Gasteiger partial charge in [-0.25, -0.2) is 8.78 Å². The molecule has 0 atom stereocenters. The summed E-state index contributed by atoms with van der Waals surface area (Å²) >= 11 is 0. The molecule has 0 saturated heterocycles. The molecule has 0 aliphatic carbocycles. The quantitative estimate of drug-likeness (QED) is 0.714. The summed E-state index contributed by atoms with van der Waals surface area (Å²) in [4.78, 5) is 17.8. The largest absolute Gasteiger partial charge is 0.456 e.